The predicted octanol–water partition coefficient (Wildman–Crippen LogP) is 10.7. The minimum atomic E-state index is 0.924. The quantitative estimate of drug-likeness (QED) is 0.168. The lowest BCUT2D eigenvalue weighted by molar-refractivity contribution is 0.733. The standard InChI is InChI=1S/C44H29N5/c1-2-10-27-18-22-42-46-44(27)43-26(9-1)17-21-41(45-43)48-36-15-7-3-11-29(36)32-20-19-28(23-38(32)48)47-35-14-6-4-12-30(35)33-24-34-31-13-5-8-16-37(31)49(42)40(34)25-39(33)47/h3-8,11-25H,1-2,9-10H2. The second kappa shape index (κ2) is 9.24. The zero-order valence-corrected chi connectivity index (χ0v) is 26.7. The van der Waals surface area contributed by atoms with E-state index in [-0.39, 0.29) is 0 Å². The number of fused-ring (bicyclic) bond motifs is 15. The molecule has 5 heteroatoms. The average Bonchev–Trinajstić information content (AvgIpc) is 3.76. The van der Waals surface area contributed by atoms with Crippen LogP contribution in [0.25, 0.3) is 93.3 Å². The van der Waals surface area contributed by atoms with Gasteiger partial charge >= 0.3 is 0 Å². The topological polar surface area (TPSA) is 39.0 Å². The largest absolute Gasteiger partial charge is 0.309 e. The highest BCUT2D eigenvalue weighted by atomic mass is 15.0. The number of aryl methyl sites for hydroxylation is 2. The molecule has 0 unspecified atom stereocenters. The molecular formula is C44H29N5. The smallest absolute Gasteiger partial charge is 0.138 e. The van der Waals surface area contributed by atoms with Crippen LogP contribution in [0, 0.1) is 0 Å². The van der Waals surface area contributed by atoms with Gasteiger partial charge in [-0.15, -0.1) is 0 Å². The summed E-state index contributed by atoms with van der Waals surface area (Å²) in [5.41, 5.74) is 14.5. The van der Waals surface area contributed by atoms with Crippen LogP contribution in [0.15, 0.2) is 127 Å². The number of hydrogen-bond acceptors (Lipinski definition) is 2. The Morgan fingerprint density at radius 1 is 0.367 bits per heavy atom. The van der Waals surface area contributed by atoms with Gasteiger partial charge in [-0.3, -0.25) is 8.80 Å². The first-order valence-corrected chi connectivity index (χ1v) is 17.3. The molecule has 6 aromatic heterocycles. The monoisotopic (exact) mass is 627 g/mol. The van der Waals surface area contributed by atoms with Crippen molar-refractivity contribution in [3.05, 3.63) is 139 Å². The van der Waals surface area contributed by atoms with Crippen LogP contribution in [-0.2, 0) is 12.8 Å². The summed E-state index contributed by atoms with van der Waals surface area (Å²) in [5.74, 6) is 0. The third kappa shape index (κ3) is 3.34. The van der Waals surface area contributed by atoms with Crippen LogP contribution in [0.2, 0.25) is 0 Å². The minimum Gasteiger partial charge on any atom is -0.309 e. The van der Waals surface area contributed by atoms with Gasteiger partial charge in [0.15, 0.2) is 0 Å². The van der Waals surface area contributed by atoms with Gasteiger partial charge in [0.2, 0.25) is 0 Å². The maximum Gasteiger partial charge on any atom is 0.138 e. The van der Waals surface area contributed by atoms with Gasteiger partial charge in [-0.05, 0) is 91.4 Å². The van der Waals surface area contributed by atoms with Crippen molar-refractivity contribution in [2.75, 3.05) is 0 Å². The summed E-state index contributed by atoms with van der Waals surface area (Å²) in [4.78, 5) is 11.1. The SMILES string of the molecule is c1ccc2c(c1)c1cc3c4ccccc4n4c5ccc6c(n5)c5nc(ccc5CCCC6)n5c6ccccc6c6ccc(cc65)n2c1cc34. The lowest BCUT2D eigenvalue weighted by atomic mass is 9.98. The van der Waals surface area contributed by atoms with Crippen LogP contribution >= 0.6 is 0 Å². The third-order valence-electron chi connectivity index (χ3n) is 11.1. The highest BCUT2D eigenvalue weighted by molar-refractivity contribution is 6.19. The third-order valence-corrected chi connectivity index (χ3v) is 11.1. The Morgan fingerprint density at radius 3 is 1.43 bits per heavy atom. The molecule has 0 saturated heterocycles. The zero-order chi connectivity index (χ0) is 31.8. The molecule has 0 amide bonds. The van der Waals surface area contributed by atoms with Gasteiger partial charge < -0.3 is 4.40 Å². The van der Waals surface area contributed by atoms with Crippen molar-refractivity contribution in [1.82, 2.24) is 23.2 Å². The molecule has 0 saturated carbocycles. The number of para-hydroxylation sites is 3. The fourth-order valence-corrected chi connectivity index (χ4v) is 8.95. The number of nitrogens with zero attached hydrogens (tertiary/aromatic N) is 5. The summed E-state index contributed by atoms with van der Waals surface area (Å²) in [7, 11) is 0. The summed E-state index contributed by atoms with van der Waals surface area (Å²) in [6.45, 7) is 0. The molecule has 12 rings (SSSR count). The Kier molecular flexibility index (Phi) is 4.87. The lowest BCUT2D eigenvalue weighted by Gasteiger charge is -2.13. The van der Waals surface area contributed by atoms with Crippen LogP contribution < -0.4 is 0 Å². The Labute approximate surface area is 279 Å². The van der Waals surface area contributed by atoms with Crippen molar-refractivity contribution < 1.29 is 0 Å². The van der Waals surface area contributed by atoms with E-state index in [1.807, 2.05) is 0 Å². The molecule has 0 spiro atoms. The van der Waals surface area contributed by atoms with E-state index >= 15 is 0 Å². The molecule has 6 heterocycles. The first-order chi connectivity index (χ1) is 24.3. The van der Waals surface area contributed by atoms with Gasteiger partial charge in [0.05, 0.1) is 44.1 Å². The van der Waals surface area contributed by atoms with E-state index in [9.17, 15) is 0 Å². The van der Waals surface area contributed by atoms with Crippen molar-refractivity contribution in [3.8, 4) is 0 Å². The van der Waals surface area contributed by atoms with Gasteiger partial charge in [0.1, 0.15) is 11.3 Å². The number of hydrogen-bond donors (Lipinski definition) is 0. The molecule has 0 fully saturated rings. The minimum absolute atomic E-state index is 0.924. The van der Waals surface area contributed by atoms with Crippen LogP contribution in [0.1, 0.15) is 24.0 Å². The molecule has 5 nitrogen and oxygen atoms in total. The molecule has 0 radical (unpaired) electrons. The van der Waals surface area contributed by atoms with Crippen molar-refractivity contribution in [2.45, 2.75) is 25.7 Å². The van der Waals surface area contributed by atoms with E-state index in [1.165, 1.54) is 54.5 Å². The summed E-state index contributed by atoms with van der Waals surface area (Å²) >= 11 is 0. The van der Waals surface area contributed by atoms with Crippen molar-refractivity contribution >= 4 is 93.3 Å². The highest BCUT2D eigenvalue weighted by Crippen LogP contribution is 2.38. The molecule has 1 aliphatic rings. The maximum absolute atomic E-state index is 5.57. The first kappa shape index (κ1) is 25.8. The normalized spacial score (nSPS) is 13.8. The van der Waals surface area contributed by atoms with Crippen molar-refractivity contribution in [3.63, 3.8) is 0 Å². The molecule has 49 heavy (non-hydrogen) atoms. The van der Waals surface area contributed by atoms with E-state index in [0.717, 1.165) is 75.6 Å². The maximum atomic E-state index is 5.57. The van der Waals surface area contributed by atoms with E-state index in [0.29, 0.717) is 0 Å². The molecular weight excluding hydrogens is 599 g/mol. The second-order valence-corrected chi connectivity index (χ2v) is 13.7. The van der Waals surface area contributed by atoms with E-state index < -0.39 is 0 Å². The highest BCUT2D eigenvalue weighted by Gasteiger charge is 2.18. The Bertz CT molecular complexity index is 3280. The molecule has 0 N–H and O–H groups in total. The van der Waals surface area contributed by atoms with Crippen LogP contribution in [0.4, 0.5) is 0 Å². The molecule has 11 aromatic rings. The fourth-order valence-electron chi connectivity index (χ4n) is 8.95. The predicted molar refractivity (Wildman–Crippen MR) is 203 cm³/mol. The Hall–Kier alpha value is -6.20. The van der Waals surface area contributed by atoms with Crippen molar-refractivity contribution in [1.29, 1.82) is 0 Å². The Morgan fingerprint density at radius 2 is 0.837 bits per heavy atom. The van der Waals surface area contributed by atoms with Crippen LogP contribution in [0.3, 0.4) is 0 Å². The summed E-state index contributed by atoms with van der Waals surface area (Å²) in [5, 5.41) is 7.42. The number of benzene rings is 5. The van der Waals surface area contributed by atoms with Gasteiger partial charge in [-0.25, -0.2) is 9.97 Å². The molecule has 230 valence electrons. The van der Waals surface area contributed by atoms with E-state index in [1.54, 1.807) is 0 Å². The lowest BCUT2D eigenvalue weighted by Crippen LogP contribution is -2.01. The molecule has 5 aromatic carbocycles. The second-order valence-electron chi connectivity index (χ2n) is 13.7. The van der Waals surface area contributed by atoms with Gasteiger partial charge in [-0.1, -0.05) is 72.8 Å². The molecule has 0 atom stereocenters. The van der Waals surface area contributed by atoms with E-state index in [2.05, 4.69) is 141 Å². The van der Waals surface area contributed by atoms with E-state index in [4.69, 9.17) is 9.97 Å². The van der Waals surface area contributed by atoms with Crippen molar-refractivity contribution in [2.24, 2.45) is 0 Å². The average molecular weight is 628 g/mol. The number of aromatic nitrogens is 5. The number of pyridine rings is 2. The summed E-state index contributed by atoms with van der Waals surface area (Å²) < 4.78 is 7.17. The fraction of sp³-hybridized carbons (Fsp3) is 0.0909. The first-order valence-electron chi connectivity index (χ1n) is 17.3. The number of rotatable bonds is 0. The van der Waals surface area contributed by atoms with Gasteiger partial charge in [-0.2, -0.15) is 0 Å². The van der Waals surface area contributed by atoms with Gasteiger partial charge in [0, 0.05) is 37.8 Å². The van der Waals surface area contributed by atoms with Crippen LogP contribution in [0.5, 0.6) is 0 Å². The molecule has 8 bridgehead atoms. The Balaban J connectivity index is 1.45. The molecule has 0 aliphatic heterocycles. The summed E-state index contributed by atoms with van der Waals surface area (Å²) in [6.07, 6.45) is 4.29. The molecule has 1 aliphatic carbocycles. The zero-order valence-electron chi connectivity index (χ0n) is 26.7. The van der Waals surface area contributed by atoms with Gasteiger partial charge in [0.25, 0.3) is 0 Å². The summed E-state index contributed by atoms with van der Waals surface area (Å²) in [6, 6.07) is 47.1. The van der Waals surface area contributed by atoms with Crippen LogP contribution in [-0.4, -0.2) is 23.2 Å².